The topological polar surface area (TPSA) is 78.4 Å². The molecule has 2 unspecified atom stereocenters. The van der Waals surface area contributed by atoms with Crippen molar-refractivity contribution in [3.63, 3.8) is 0 Å². The van der Waals surface area contributed by atoms with Crippen molar-refractivity contribution in [2.24, 2.45) is 5.92 Å². The Kier molecular flexibility index (Phi) is 6.24. The molecule has 9 heteroatoms. The van der Waals surface area contributed by atoms with Crippen LogP contribution in [-0.4, -0.2) is 29.8 Å². The van der Waals surface area contributed by atoms with E-state index in [1.165, 1.54) is 0 Å². The number of nitrogens with one attached hydrogen (secondary N) is 2. The summed E-state index contributed by atoms with van der Waals surface area (Å²) < 4.78 is 36.7. The molecular weight excluding hydrogens is 404 g/mol. The van der Waals surface area contributed by atoms with Crippen molar-refractivity contribution in [1.29, 1.82) is 0 Å². The molecule has 0 bridgehead atoms. The van der Waals surface area contributed by atoms with Crippen LogP contribution in [0.1, 0.15) is 9.61 Å². The van der Waals surface area contributed by atoms with Gasteiger partial charge in [0.2, 0.25) is 0 Å². The lowest BCUT2D eigenvalue weighted by atomic mass is 10.1. The SMILES string of the molecule is O=C(NCC(C(=O)O)C(F)(F)F)NC(I)c1ccccc1. The van der Waals surface area contributed by atoms with E-state index in [2.05, 4.69) is 5.32 Å². The van der Waals surface area contributed by atoms with Gasteiger partial charge in [0, 0.05) is 6.54 Å². The first kappa shape index (κ1) is 17.5. The zero-order valence-corrected chi connectivity index (χ0v) is 12.7. The molecule has 116 valence electrons. The number of alkyl halides is 4. The lowest BCUT2D eigenvalue weighted by Gasteiger charge is -2.18. The van der Waals surface area contributed by atoms with E-state index in [9.17, 15) is 22.8 Å². The van der Waals surface area contributed by atoms with Crippen LogP contribution in [0.2, 0.25) is 0 Å². The molecule has 0 radical (unpaired) electrons. The first-order valence-corrected chi connectivity index (χ1v) is 6.99. The lowest BCUT2D eigenvalue weighted by molar-refractivity contribution is -0.191. The fourth-order valence-electron chi connectivity index (χ4n) is 1.41. The average Bonchev–Trinajstić information content (AvgIpc) is 2.37. The van der Waals surface area contributed by atoms with Crippen molar-refractivity contribution < 1.29 is 27.9 Å². The quantitative estimate of drug-likeness (QED) is 0.393. The van der Waals surface area contributed by atoms with Crippen LogP contribution in [-0.2, 0) is 4.79 Å². The molecule has 21 heavy (non-hydrogen) atoms. The smallest absolute Gasteiger partial charge is 0.403 e. The Morgan fingerprint density at radius 1 is 1.24 bits per heavy atom. The Balaban J connectivity index is 2.52. The molecule has 2 atom stereocenters. The van der Waals surface area contributed by atoms with Gasteiger partial charge in [-0.05, 0) is 5.56 Å². The summed E-state index contributed by atoms with van der Waals surface area (Å²) in [5.74, 6) is -4.66. The third-order valence-corrected chi connectivity index (χ3v) is 3.54. The molecule has 2 amide bonds. The van der Waals surface area contributed by atoms with Gasteiger partial charge >= 0.3 is 18.2 Å². The number of carbonyl (C=O) groups excluding carboxylic acids is 1. The molecule has 0 spiro atoms. The molecule has 1 rings (SSSR count). The van der Waals surface area contributed by atoms with Gasteiger partial charge in [-0.1, -0.05) is 52.9 Å². The summed E-state index contributed by atoms with van der Waals surface area (Å²) in [7, 11) is 0. The number of hydrogen-bond donors (Lipinski definition) is 3. The van der Waals surface area contributed by atoms with Crippen molar-refractivity contribution in [2.75, 3.05) is 6.54 Å². The third-order valence-electron chi connectivity index (χ3n) is 2.51. The van der Waals surface area contributed by atoms with Crippen molar-refractivity contribution in [1.82, 2.24) is 10.6 Å². The minimum atomic E-state index is -4.91. The number of halogens is 4. The van der Waals surface area contributed by atoms with Gasteiger partial charge < -0.3 is 15.7 Å². The number of aliphatic carboxylic acids is 1. The van der Waals surface area contributed by atoms with E-state index in [4.69, 9.17) is 5.11 Å². The molecule has 0 aliphatic heterocycles. The van der Waals surface area contributed by atoms with E-state index in [0.717, 1.165) is 5.56 Å². The van der Waals surface area contributed by atoms with Gasteiger partial charge in [-0.25, -0.2) is 4.79 Å². The highest BCUT2D eigenvalue weighted by Crippen LogP contribution is 2.26. The van der Waals surface area contributed by atoms with Gasteiger partial charge in [-0.15, -0.1) is 0 Å². The Hall–Kier alpha value is -1.52. The fourth-order valence-corrected chi connectivity index (χ4v) is 2.11. The highest BCUT2D eigenvalue weighted by Gasteiger charge is 2.45. The van der Waals surface area contributed by atoms with E-state index in [-0.39, 0.29) is 0 Å². The summed E-state index contributed by atoms with van der Waals surface area (Å²) >= 11 is 1.90. The first-order valence-electron chi connectivity index (χ1n) is 5.74. The predicted octanol–water partition coefficient (Wildman–Crippen LogP) is 2.68. The summed E-state index contributed by atoms with van der Waals surface area (Å²) in [5, 5.41) is 12.8. The molecule has 0 saturated carbocycles. The lowest BCUT2D eigenvalue weighted by Crippen LogP contribution is -2.44. The molecule has 0 fully saturated rings. The number of carboxylic acid groups (broad SMARTS) is 1. The molecule has 0 aliphatic rings. The fraction of sp³-hybridized carbons (Fsp3) is 0.333. The number of carbonyl (C=O) groups is 2. The van der Waals surface area contributed by atoms with Crippen molar-refractivity contribution in [2.45, 2.75) is 10.2 Å². The van der Waals surface area contributed by atoms with Crippen molar-refractivity contribution in [3.8, 4) is 0 Å². The molecule has 0 saturated heterocycles. The number of urea groups is 1. The maximum atomic E-state index is 12.4. The van der Waals surface area contributed by atoms with E-state index < -0.39 is 34.7 Å². The highest BCUT2D eigenvalue weighted by molar-refractivity contribution is 14.1. The molecule has 1 aromatic rings. The Labute approximate surface area is 132 Å². The van der Waals surface area contributed by atoms with Crippen LogP contribution in [0.25, 0.3) is 0 Å². The van der Waals surface area contributed by atoms with Crippen LogP contribution >= 0.6 is 22.6 Å². The van der Waals surface area contributed by atoms with Gasteiger partial charge in [0.1, 0.15) is 4.05 Å². The second-order valence-corrected chi connectivity index (χ2v) is 5.31. The summed E-state index contributed by atoms with van der Waals surface area (Å²) in [5.41, 5.74) is 0.763. The highest BCUT2D eigenvalue weighted by atomic mass is 127. The van der Waals surface area contributed by atoms with E-state index >= 15 is 0 Å². The standard InChI is InChI=1S/C12H12F3IN2O3/c13-12(14,15)8(10(19)20)6-17-11(21)18-9(16)7-4-2-1-3-5-7/h1-5,8-9H,6H2,(H,19,20)(H2,17,18,21). The predicted molar refractivity (Wildman–Crippen MR) is 76.9 cm³/mol. The number of rotatable bonds is 5. The molecule has 0 aliphatic carbocycles. The Morgan fingerprint density at radius 3 is 2.29 bits per heavy atom. The summed E-state index contributed by atoms with van der Waals surface area (Å²) in [6, 6.07) is 7.91. The molecule has 0 heterocycles. The molecule has 0 aromatic heterocycles. The zero-order valence-electron chi connectivity index (χ0n) is 10.5. The number of amides is 2. The van der Waals surface area contributed by atoms with Crippen molar-refractivity contribution >= 4 is 34.6 Å². The van der Waals surface area contributed by atoms with Gasteiger partial charge in [-0.3, -0.25) is 4.79 Å². The van der Waals surface area contributed by atoms with E-state index in [1.807, 2.05) is 27.9 Å². The maximum absolute atomic E-state index is 12.4. The Bertz CT molecular complexity index is 496. The van der Waals surface area contributed by atoms with Crippen LogP contribution in [0, 0.1) is 5.92 Å². The monoisotopic (exact) mass is 416 g/mol. The van der Waals surface area contributed by atoms with Gasteiger partial charge in [0.05, 0.1) is 0 Å². The molecule has 3 N–H and O–H groups in total. The zero-order chi connectivity index (χ0) is 16.0. The van der Waals surface area contributed by atoms with Crippen LogP contribution in [0.15, 0.2) is 30.3 Å². The van der Waals surface area contributed by atoms with Crippen LogP contribution in [0.4, 0.5) is 18.0 Å². The number of hydrogen-bond acceptors (Lipinski definition) is 2. The van der Waals surface area contributed by atoms with E-state index in [0.29, 0.717) is 0 Å². The molecular formula is C12H12F3IN2O3. The van der Waals surface area contributed by atoms with Gasteiger partial charge in [-0.2, -0.15) is 13.2 Å². The van der Waals surface area contributed by atoms with Gasteiger partial charge in [0.15, 0.2) is 5.92 Å². The van der Waals surface area contributed by atoms with E-state index in [1.54, 1.807) is 30.3 Å². The summed E-state index contributed by atoms with van der Waals surface area (Å²) in [6.07, 6.45) is -4.91. The number of benzene rings is 1. The minimum Gasteiger partial charge on any atom is -0.481 e. The van der Waals surface area contributed by atoms with Crippen LogP contribution in [0.3, 0.4) is 0 Å². The second kappa shape index (κ2) is 7.48. The van der Waals surface area contributed by atoms with Gasteiger partial charge in [0.25, 0.3) is 0 Å². The van der Waals surface area contributed by atoms with Crippen LogP contribution in [0.5, 0.6) is 0 Å². The number of carboxylic acids is 1. The second-order valence-electron chi connectivity index (χ2n) is 4.06. The molecule has 5 nitrogen and oxygen atoms in total. The minimum absolute atomic E-state index is 0.446. The first-order chi connectivity index (χ1) is 9.71. The third kappa shape index (κ3) is 5.78. The summed E-state index contributed by atoms with van der Waals surface area (Å²) in [4.78, 5) is 22.0. The molecule has 1 aromatic carbocycles. The summed E-state index contributed by atoms with van der Waals surface area (Å²) in [6.45, 7) is -1.02. The maximum Gasteiger partial charge on any atom is 0.403 e. The average molecular weight is 416 g/mol. The Morgan fingerprint density at radius 2 is 1.81 bits per heavy atom. The normalized spacial score (nSPS) is 14.1. The largest absolute Gasteiger partial charge is 0.481 e. The van der Waals surface area contributed by atoms with Crippen LogP contribution < -0.4 is 10.6 Å². The van der Waals surface area contributed by atoms with Crippen molar-refractivity contribution in [3.05, 3.63) is 35.9 Å².